The summed E-state index contributed by atoms with van der Waals surface area (Å²) in [4.78, 5) is 33.6. The molecule has 0 aliphatic heterocycles. The summed E-state index contributed by atoms with van der Waals surface area (Å²) in [7, 11) is 1.57. The van der Waals surface area contributed by atoms with Gasteiger partial charge in [-0.15, -0.1) is 5.10 Å². The third-order valence-electron chi connectivity index (χ3n) is 4.70. The third kappa shape index (κ3) is 6.64. The van der Waals surface area contributed by atoms with E-state index in [1.165, 1.54) is 28.9 Å². The Morgan fingerprint density at radius 2 is 1.57 bits per heavy atom. The van der Waals surface area contributed by atoms with E-state index >= 15 is 0 Å². The monoisotopic (exact) mass is 492 g/mol. The number of nitrogens with one attached hydrogen (secondary N) is 2. The number of pyridine rings is 1. The lowest BCUT2D eigenvalue weighted by atomic mass is 10.3. The molecule has 0 aliphatic carbocycles. The maximum Gasteiger partial charge on any atom is 0.246 e. The summed E-state index contributed by atoms with van der Waals surface area (Å²) in [5.41, 5.74) is 1.81. The first-order valence-corrected chi connectivity index (χ1v) is 11.5. The van der Waals surface area contributed by atoms with Crippen molar-refractivity contribution in [1.82, 2.24) is 19.7 Å². The lowest BCUT2D eigenvalue weighted by Crippen LogP contribution is -2.20. The van der Waals surface area contributed by atoms with Gasteiger partial charge in [-0.3, -0.25) is 14.6 Å². The van der Waals surface area contributed by atoms with Crippen molar-refractivity contribution < 1.29 is 18.7 Å². The molecule has 0 atom stereocenters. The molecule has 2 heterocycles. The number of hydrogen-bond acceptors (Lipinski definition) is 7. The zero-order chi connectivity index (χ0) is 24.6. The number of nitrogens with zero attached hydrogens (tertiary/aromatic N) is 4. The van der Waals surface area contributed by atoms with Crippen molar-refractivity contribution in [2.45, 2.75) is 11.7 Å². The smallest absolute Gasteiger partial charge is 0.246 e. The first-order chi connectivity index (χ1) is 17.0. The first kappa shape index (κ1) is 23.9. The Balaban J connectivity index is 1.46. The molecule has 0 aliphatic rings. The standard InChI is InChI=1S/C24H21FN6O3S/c1-34-20-8-6-19(7-9-20)28-22(33)15-35-24-29-23(16-10-12-26-13-11-16)30-31(24)14-21(32)27-18-4-2-17(25)3-5-18/h2-13H,14-15H2,1H3,(H,27,32)(H,28,33). The van der Waals surface area contributed by atoms with Crippen LogP contribution in [0, 0.1) is 5.82 Å². The number of aromatic nitrogens is 4. The molecular weight excluding hydrogens is 471 g/mol. The van der Waals surface area contributed by atoms with Crippen molar-refractivity contribution in [1.29, 1.82) is 0 Å². The number of hydrogen-bond donors (Lipinski definition) is 2. The van der Waals surface area contributed by atoms with Crippen molar-refractivity contribution in [3.05, 3.63) is 78.9 Å². The summed E-state index contributed by atoms with van der Waals surface area (Å²) in [6.45, 7) is -0.141. The van der Waals surface area contributed by atoms with E-state index in [1.54, 1.807) is 55.9 Å². The van der Waals surface area contributed by atoms with E-state index in [2.05, 4.69) is 25.7 Å². The lowest BCUT2D eigenvalue weighted by molar-refractivity contribution is -0.117. The number of benzene rings is 2. The van der Waals surface area contributed by atoms with Gasteiger partial charge in [0.15, 0.2) is 11.0 Å². The highest BCUT2D eigenvalue weighted by Crippen LogP contribution is 2.22. The Morgan fingerprint density at radius 1 is 0.943 bits per heavy atom. The minimum Gasteiger partial charge on any atom is -0.497 e. The van der Waals surface area contributed by atoms with Crippen molar-refractivity contribution >= 4 is 35.0 Å². The van der Waals surface area contributed by atoms with Crippen molar-refractivity contribution in [2.75, 3.05) is 23.5 Å². The van der Waals surface area contributed by atoms with E-state index in [-0.39, 0.29) is 24.1 Å². The van der Waals surface area contributed by atoms with Gasteiger partial charge in [0.2, 0.25) is 11.8 Å². The van der Waals surface area contributed by atoms with Crippen molar-refractivity contribution in [3.63, 3.8) is 0 Å². The van der Waals surface area contributed by atoms with Crippen LogP contribution in [-0.2, 0) is 16.1 Å². The van der Waals surface area contributed by atoms with E-state index < -0.39 is 5.82 Å². The normalized spacial score (nSPS) is 10.6. The van der Waals surface area contributed by atoms with Gasteiger partial charge in [0.25, 0.3) is 0 Å². The molecule has 0 unspecified atom stereocenters. The molecule has 178 valence electrons. The van der Waals surface area contributed by atoms with Gasteiger partial charge in [0.1, 0.15) is 18.1 Å². The molecule has 0 saturated heterocycles. The Bertz CT molecular complexity index is 1300. The van der Waals surface area contributed by atoms with E-state index in [1.807, 2.05) is 0 Å². The number of anilines is 2. The first-order valence-electron chi connectivity index (χ1n) is 10.5. The van der Waals surface area contributed by atoms with Gasteiger partial charge in [-0.25, -0.2) is 14.1 Å². The average molecular weight is 493 g/mol. The molecule has 2 amide bonds. The molecule has 2 N–H and O–H groups in total. The van der Waals surface area contributed by atoms with Gasteiger partial charge < -0.3 is 15.4 Å². The molecule has 2 aromatic carbocycles. The highest BCUT2D eigenvalue weighted by Gasteiger charge is 2.17. The zero-order valence-electron chi connectivity index (χ0n) is 18.6. The van der Waals surface area contributed by atoms with E-state index in [0.717, 1.165) is 17.3 Å². The lowest BCUT2D eigenvalue weighted by Gasteiger charge is -2.08. The van der Waals surface area contributed by atoms with Crippen LogP contribution in [0.25, 0.3) is 11.4 Å². The van der Waals surface area contributed by atoms with Crippen LogP contribution in [0.5, 0.6) is 5.75 Å². The maximum absolute atomic E-state index is 13.1. The number of methoxy groups -OCH3 is 1. The predicted octanol–water partition coefficient (Wildman–Crippen LogP) is 3.86. The number of thioether (sulfide) groups is 1. The fourth-order valence-corrected chi connectivity index (χ4v) is 3.77. The molecule has 4 aromatic rings. The number of halogens is 1. The Kier molecular flexibility index (Phi) is 7.68. The van der Waals surface area contributed by atoms with Crippen LogP contribution in [-0.4, -0.2) is 44.4 Å². The summed E-state index contributed by atoms with van der Waals surface area (Å²) in [6.07, 6.45) is 3.23. The molecule has 0 radical (unpaired) electrons. The summed E-state index contributed by atoms with van der Waals surface area (Å²) in [5, 5.41) is 10.4. The summed E-state index contributed by atoms with van der Waals surface area (Å²) in [5.74, 6) is 0.143. The van der Waals surface area contributed by atoms with Crippen LogP contribution in [0.3, 0.4) is 0 Å². The highest BCUT2D eigenvalue weighted by molar-refractivity contribution is 7.99. The summed E-state index contributed by atoms with van der Waals surface area (Å²) >= 11 is 1.16. The largest absolute Gasteiger partial charge is 0.497 e. The Morgan fingerprint density at radius 3 is 2.23 bits per heavy atom. The molecule has 0 bridgehead atoms. The fourth-order valence-electron chi connectivity index (χ4n) is 3.03. The molecule has 4 rings (SSSR count). The highest BCUT2D eigenvalue weighted by atomic mass is 32.2. The molecule has 0 fully saturated rings. The van der Waals surface area contributed by atoms with Gasteiger partial charge in [0.05, 0.1) is 12.9 Å². The van der Waals surface area contributed by atoms with E-state index in [0.29, 0.717) is 28.1 Å². The van der Waals surface area contributed by atoms with Crippen LogP contribution in [0.4, 0.5) is 15.8 Å². The van der Waals surface area contributed by atoms with Crippen LogP contribution >= 0.6 is 11.8 Å². The van der Waals surface area contributed by atoms with E-state index in [4.69, 9.17) is 4.74 Å². The second kappa shape index (κ2) is 11.3. The quantitative estimate of drug-likeness (QED) is 0.341. The Labute approximate surface area is 204 Å². The molecule has 9 nitrogen and oxygen atoms in total. The van der Waals surface area contributed by atoms with Gasteiger partial charge in [-0.1, -0.05) is 11.8 Å². The second-order valence-corrected chi connectivity index (χ2v) is 8.17. The Hall–Kier alpha value is -4.25. The third-order valence-corrected chi connectivity index (χ3v) is 5.67. The van der Waals surface area contributed by atoms with Gasteiger partial charge >= 0.3 is 0 Å². The minimum absolute atomic E-state index is 0.0556. The molecular formula is C24H21FN6O3S. The van der Waals surface area contributed by atoms with Crippen LogP contribution < -0.4 is 15.4 Å². The number of amides is 2. The van der Waals surface area contributed by atoms with Crippen LogP contribution in [0.1, 0.15) is 0 Å². The maximum atomic E-state index is 13.1. The molecule has 2 aromatic heterocycles. The molecule has 0 spiro atoms. The van der Waals surface area contributed by atoms with Crippen LogP contribution in [0.2, 0.25) is 0 Å². The van der Waals surface area contributed by atoms with Crippen molar-refractivity contribution in [3.8, 4) is 17.1 Å². The SMILES string of the molecule is COc1ccc(NC(=O)CSc2nc(-c3ccncc3)nn2CC(=O)Nc2ccc(F)cc2)cc1. The minimum atomic E-state index is -0.395. The fraction of sp³-hybridized carbons (Fsp3) is 0.125. The second-order valence-electron chi connectivity index (χ2n) is 7.23. The molecule has 35 heavy (non-hydrogen) atoms. The molecule has 11 heteroatoms. The number of carbonyl (C=O) groups is 2. The topological polar surface area (TPSA) is 111 Å². The number of rotatable bonds is 9. The van der Waals surface area contributed by atoms with Crippen LogP contribution in [0.15, 0.2) is 78.2 Å². The zero-order valence-corrected chi connectivity index (χ0v) is 19.5. The average Bonchev–Trinajstić information content (AvgIpc) is 3.27. The summed E-state index contributed by atoms with van der Waals surface area (Å²) in [6, 6.07) is 15.9. The molecule has 0 saturated carbocycles. The van der Waals surface area contributed by atoms with Gasteiger partial charge in [0, 0.05) is 29.3 Å². The van der Waals surface area contributed by atoms with Crippen molar-refractivity contribution in [2.24, 2.45) is 0 Å². The number of ether oxygens (including phenoxy) is 1. The van der Waals surface area contributed by atoms with E-state index in [9.17, 15) is 14.0 Å². The van der Waals surface area contributed by atoms with Gasteiger partial charge in [-0.2, -0.15) is 0 Å². The number of carbonyl (C=O) groups excluding carboxylic acids is 2. The van der Waals surface area contributed by atoms with Gasteiger partial charge in [-0.05, 0) is 60.7 Å². The predicted molar refractivity (Wildman–Crippen MR) is 131 cm³/mol. The summed E-state index contributed by atoms with van der Waals surface area (Å²) < 4.78 is 19.7.